The van der Waals surface area contributed by atoms with Crippen LogP contribution in [0.15, 0.2) is 6.20 Å². The Kier molecular flexibility index (Phi) is 3.30. The Labute approximate surface area is 122 Å². The molecular formula is C13H19N5O3. The first kappa shape index (κ1) is 13.8. The van der Waals surface area contributed by atoms with Crippen LogP contribution in [0.5, 0.6) is 0 Å². The molecule has 0 bridgehead atoms. The molecule has 0 aromatic carbocycles. The molecule has 1 unspecified atom stereocenters. The number of carboxylic acids is 1. The van der Waals surface area contributed by atoms with Gasteiger partial charge in [0.1, 0.15) is 0 Å². The van der Waals surface area contributed by atoms with Gasteiger partial charge in [-0.1, -0.05) is 5.21 Å². The van der Waals surface area contributed by atoms with Crippen LogP contribution in [-0.4, -0.2) is 68.1 Å². The van der Waals surface area contributed by atoms with Gasteiger partial charge in [-0.2, -0.15) is 0 Å². The van der Waals surface area contributed by atoms with Crippen molar-refractivity contribution >= 4 is 12.0 Å². The number of carboxylic acid groups (broad SMARTS) is 1. The van der Waals surface area contributed by atoms with Crippen LogP contribution in [0, 0.1) is 5.92 Å². The molecule has 1 aliphatic carbocycles. The normalized spacial score (nSPS) is 20.0. The number of aromatic nitrogens is 3. The number of carbonyl (C=O) groups excluding carboxylic acids is 1. The zero-order valence-electron chi connectivity index (χ0n) is 12.1. The first-order valence-corrected chi connectivity index (χ1v) is 7.14. The maximum Gasteiger partial charge on any atom is 0.358 e. The highest BCUT2D eigenvalue weighted by Gasteiger charge is 2.38. The number of hydrogen-bond donors (Lipinski definition) is 1. The second-order valence-corrected chi connectivity index (χ2v) is 5.92. The number of nitrogens with zero attached hydrogens (tertiary/aromatic N) is 5. The molecule has 1 aromatic heterocycles. The summed E-state index contributed by atoms with van der Waals surface area (Å²) in [4.78, 5) is 26.6. The van der Waals surface area contributed by atoms with E-state index in [0.717, 1.165) is 0 Å². The van der Waals surface area contributed by atoms with Crippen LogP contribution in [0.1, 0.15) is 36.3 Å². The van der Waals surface area contributed by atoms with Crippen molar-refractivity contribution in [3.05, 3.63) is 11.9 Å². The minimum Gasteiger partial charge on any atom is -0.476 e. The van der Waals surface area contributed by atoms with Crippen LogP contribution in [0.3, 0.4) is 0 Å². The van der Waals surface area contributed by atoms with E-state index in [1.165, 1.54) is 23.7 Å². The molecule has 1 aliphatic heterocycles. The Morgan fingerprint density at radius 3 is 2.62 bits per heavy atom. The van der Waals surface area contributed by atoms with Crippen LogP contribution in [0.25, 0.3) is 0 Å². The van der Waals surface area contributed by atoms with Crippen LogP contribution < -0.4 is 0 Å². The third-order valence-electron chi connectivity index (χ3n) is 4.45. The fourth-order valence-electron chi connectivity index (χ4n) is 2.62. The molecule has 0 spiro atoms. The van der Waals surface area contributed by atoms with Gasteiger partial charge in [-0.05, 0) is 25.7 Å². The van der Waals surface area contributed by atoms with E-state index >= 15 is 0 Å². The number of hydrogen-bond acceptors (Lipinski definition) is 4. The van der Waals surface area contributed by atoms with E-state index in [4.69, 9.17) is 5.11 Å². The van der Waals surface area contributed by atoms with E-state index in [1.54, 1.807) is 9.80 Å². The highest BCUT2D eigenvalue weighted by atomic mass is 16.4. The lowest BCUT2D eigenvalue weighted by molar-refractivity contribution is 0.0689. The van der Waals surface area contributed by atoms with Crippen molar-refractivity contribution in [1.29, 1.82) is 0 Å². The summed E-state index contributed by atoms with van der Waals surface area (Å²) in [6.45, 7) is 3.18. The summed E-state index contributed by atoms with van der Waals surface area (Å²) >= 11 is 0. The summed E-state index contributed by atoms with van der Waals surface area (Å²) in [6, 6.07) is 0.324. The fourth-order valence-corrected chi connectivity index (χ4v) is 2.62. The van der Waals surface area contributed by atoms with E-state index in [9.17, 15) is 9.59 Å². The third-order valence-corrected chi connectivity index (χ3v) is 4.45. The van der Waals surface area contributed by atoms with Gasteiger partial charge in [0, 0.05) is 26.2 Å². The molecule has 2 heterocycles. The van der Waals surface area contributed by atoms with Gasteiger partial charge in [-0.3, -0.25) is 0 Å². The molecule has 8 heteroatoms. The highest BCUT2D eigenvalue weighted by Crippen LogP contribution is 2.35. The SMILES string of the molecule is CC(C1CC1)N(C)C(=O)N1CC(n2cc(C(=O)O)nn2)C1. The molecule has 8 nitrogen and oxygen atoms in total. The highest BCUT2D eigenvalue weighted by molar-refractivity contribution is 5.84. The molecular weight excluding hydrogens is 274 g/mol. The molecule has 21 heavy (non-hydrogen) atoms. The summed E-state index contributed by atoms with van der Waals surface area (Å²) in [7, 11) is 1.84. The van der Waals surface area contributed by atoms with E-state index in [0.29, 0.717) is 19.0 Å². The van der Waals surface area contributed by atoms with Crippen molar-refractivity contribution in [2.24, 2.45) is 5.92 Å². The Bertz CT molecular complexity index is 562. The molecule has 2 fully saturated rings. The number of likely N-dealkylation sites (tertiary alicyclic amines) is 1. The second-order valence-electron chi connectivity index (χ2n) is 5.92. The predicted octanol–water partition coefficient (Wildman–Crippen LogP) is 0.683. The lowest BCUT2D eigenvalue weighted by Crippen LogP contribution is -2.56. The Morgan fingerprint density at radius 2 is 2.10 bits per heavy atom. The molecule has 3 rings (SSSR count). The molecule has 2 amide bonds. The Morgan fingerprint density at radius 1 is 1.43 bits per heavy atom. The number of urea groups is 1. The quantitative estimate of drug-likeness (QED) is 0.881. The zero-order chi connectivity index (χ0) is 15.1. The van der Waals surface area contributed by atoms with Crippen molar-refractivity contribution in [2.45, 2.75) is 31.8 Å². The topological polar surface area (TPSA) is 91.6 Å². The lowest BCUT2D eigenvalue weighted by atomic mass is 10.1. The van der Waals surface area contributed by atoms with Gasteiger partial charge >= 0.3 is 12.0 Å². The van der Waals surface area contributed by atoms with E-state index < -0.39 is 5.97 Å². The number of rotatable bonds is 4. The predicted molar refractivity (Wildman–Crippen MR) is 72.9 cm³/mol. The maximum atomic E-state index is 12.3. The third kappa shape index (κ3) is 2.57. The van der Waals surface area contributed by atoms with Gasteiger partial charge in [0.15, 0.2) is 5.69 Å². The van der Waals surface area contributed by atoms with Gasteiger partial charge < -0.3 is 14.9 Å². The Balaban J connectivity index is 1.54. The minimum atomic E-state index is -1.09. The number of amides is 2. The molecule has 2 aliphatic rings. The molecule has 0 radical (unpaired) electrons. The maximum absolute atomic E-state index is 12.3. The zero-order valence-corrected chi connectivity index (χ0v) is 12.1. The molecule has 1 saturated heterocycles. The van der Waals surface area contributed by atoms with Crippen molar-refractivity contribution in [3.63, 3.8) is 0 Å². The average molecular weight is 293 g/mol. The first-order chi connectivity index (χ1) is 9.97. The largest absolute Gasteiger partial charge is 0.476 e. The molecule has 1 saturated carbocycles. The summed E-state index contributed by atoms with van der Waals surface area (Å²) in [5, 5.41) is 16.2. The van der Waals surface area contributed by atoms with Crippen molar-refractivity contribution < 1.29 is 14.7 Å². The van der Waals surface area contributed by atoms with Gasteiger partial charge in [0.25, 0.3) is 0 Å². The van der Waals surface area contributed by atoms with Gasteiger partial charge in [0.05, 0.1) is 12.2 Å². The standard InChI is InChI=1S/C13H19N5O3/c1-8(9-3-4-9)16(2)13(21)17-5-10(6-17)18-7-11(12(19)20)14-15-18/h7-10H,3-6H2,1-2H3,(H,19,20). The van der Waals surface area contributed by atoms with E-state index in [1.807, 2.05) is 7.05 Å². The summed E-state index contributed by atoms with van der Waals surface area (Å²) in [5.41, 5.74) is -0.0701. The smallest absolute Gasteiger partial charge is 0.358 e. The molecule has 1 N–H and O–H groups in total. The summed E-state index contributed by atoms with van der Waals surface area (Å²) in [6.07, 6.45) is 3.82. The van der Waals surface area contributed by atoms with Gasteiger partial charge in [-0.25, -0.2) is 14.3 Å². The van der Waals surface area contributed by atoms with Crippen LogP contribution in [0.2, 0.25) is 0 Å². The second kappa shape index (κ2) is 5.01. The van der Waals surface area contributed by atoms with Crippen molar-refractivity contribution in [1.82, 2.24) is 24.8 Å². The first-order valence-electron chi connectivity index (χ1n) is 7.14. The van der Waals surface area contributed by atoms with Crippen molar-refractivity contribution in [2.75, 3.05) is 20.1 Å². The minimum absolute atomic E-state index is 0.0131. The van der Waals surface area contributed by atoms with Gasteiger partial charge in [0.2, 0.25) is 0 Å². The summed E-state index contributed by atoms with van der Waals surface area (Å²) in [5.74, 6) is -0.448. The van der Waals surface area contributed by atoms with E-state index in [-0.39, 0.29) is 23.8 Å². The average Bonchev–Trinajstić information content (AvgIpc) is 3.13. The fraction of sp³-hybridized carbons (Fsp3) is 0.692. The molecule has 1 aromatic rings. The molecule has 1 atom stereocenters. The van der Waals surface area contributed by atoms with Crippen LogP contribution in [-0.2, 0) is 0 Å². The van der Waals surface area contributed by atoms with E-state index in [2.05, 4.69) is 17.2 Å². The van der Waals surface area contributed by atoms with Crippen LogP contribution in [0.4, 0.5) is 4.79 Å². The van der Waals surface area contributed by atoms with Crippen LogP contribution >= 0.6 is 0 Å². The Hall–Kier alpha value is -2.12. The number of carbonyl (C=O) groups is 2. The van der Waals surface area contributed by atoms with Crippen molar-refractivity contribution in [3.8, 4) is 0 Å². The lowest BCUT2D eigenvalue weighted by Gasteiger charge is -2.42. The monoisotopic (exact) mass is 293 g/mol. The number of aromatic carboxylic acids is 1. The van der Waals surface area contributed by atoms with Gasteiger partial charge in [-0.15, -0.1) is 5.10 Å². The summed E-state index contributed by atoms with van der Waals surface area (Å²) < 4.78 is 1.53. The molecule has 114 valence electrons.